The fraction of sp³-hybridized carbons (Fsp3) is 0.417. The number of hydrogen-bond donors (Lipinski definition) is 0. The van der Waals surface area contributed by atoms with Gasteiger partial charge < -0.3 is 4.74 Å². The second kappa shape index (κ2) is 5.86. The van der Waals surface area contributed by atoms with E-state index in [0.29, 0.717) is 6.61 Å². The zero-order chi connectivity index (χ0) is 13.0. The summed E-state index contributed by atoms with van der Waals surface area (Å²) in [5, 5.41) is 12.1. The van der Waals surface area contributed by atoms with Crippen LogP contribution in [-0.4, -0.2) is 32.6 Å². The third-order valence-electron chi connectivity index (χ3n) is 2.55. The normalized spacial score (nSPS) is 10.6. The highest BCUT2D eigenvalue weighted by molar-refractivity contribution is 7.99. The van der Waals surface area contributed by atoms with Crippen LogP contribution in [0.5, 0.6) is 5.75 Å². The zero-order valence-corrected chi connectivity index (χ0v) is 11.6. The number of rotatable bonds is 5. The van der Waals surface area contributed by atoms with Crippen LogP contribution >= 0.6 is 11.8 Å². The lowest BCUT2D eigenvalue weighted by molar-refractivity contribution is 0.339. The van der Waals surface area contributed by atoms with Gasteiger partial charge in [0.25, 0.3) is 0 Å². The molecule has 1 heterocycles. The Labute approximate surface area is 111 Å². The SMILES string of the molecule is Cc1cccc(C)c1OCCSc1nnnn1C. The number of benzene rings is 1. The molecule has 0 fully saturated rings. The van der Waals surface area contributed by atoms with Crippen LogP contribution in [0.15, 0.2) is 23.4 Å². The molecule has 0 aliphatic heterocycles. The van der Waals surface area contributed by atoms with Gasteiger partial charge in [0.2, 0.25) is 5.16 Å². The molecule has 0 spiro atoms. The van der Waals surface area contributed by atoms with Gasteiger partial charge in [-0.1, -0.05) is 30.0 Å². The molecule has 0 aliphatic rings. The number of tetrazole rings is 1. The topological polar surface area (TPSA) is 52.8 Å². The van der Waals surface area contributed by atoms with E-state index in [1.165, 1.54) is 11.1 Å². The smallest absolute Gasteiger partial charge is 0.209 e. The van der Waals surface area contributed by atoms with Crippen LogP contribution < -0.4 is 4.74 Å². The Morgan fingerprint density at radius 2 is 2.00 bits per heavy atom. The maximum Gasteiger partial charge on any atom is 0.209 e. The molecular weight excluding hydrogens is 248 g/mol. The molecule has 1 aromatic heterocycles. The Morgan fingerprint density at radius 3 is 2.61 bits per heavy atom. The standard InChI is InChI=1S/C12H16N4OS/c1-9-5-4-6-10(2)11(9)17-7-8-18-12-13-14-15-16(12)3/h4-6H,7-8H2,1-3H3. The van der Waals surface area contributed by atoms with Gasteiger partial charge in [-0.15, -0.1) is 5.10 Å². The lowest BCUT2D eigenvalue weighted by atomic mass is 10.1. The van der Waals surface area contributed by atoms with Gasteiger partial charge in [-0.2, -0.15) is 0 Å². The molecule has 5 nitrogen and oxygen atoms in total. The van der Waals surface area contributed by atoms with Crippen molar-refractivity contribution in [1.29, 1.82) is 0 Å². The highest BCUT2D eigenvalue weighted by Gasteiger charge is 2.05. The quantitative estimate of drug-likeness (QED) is 0.610. The van der Waals surface area contributed by atoms with Gasteiger partial charge in [0.1, 0.15) is 5.75 Å². The first-order valence-corrected chi connectivity index (χ1v) is 6.71. The first-order valence-electron chi connectivity index (χ1n) is 5.72. The zero-order valence-electron chi connectivity index (χ0n) is 10.8. The molecule has 0 bridgehead atoms. The van der Waals surface area contributed by atoms with E-state index in [1.54, 1.807) is 16.4 Å². The predicted octanol–water partition coefficient (Wildman–Crippen LogP) is 2.00. The Kier molecular flexibility index (Phi) is 4.19. The van der Waals surface area contributed by atoms with Gasteiger partial charge in [0, 0.05) is 12.8 Å². The molecule has 0 radical (unpaired) electrons. The number of ether oxygens (including phenoxy) is 1. The van der Waals surface area contributed by atoms with Crippen molar-refractivity contribution < 1.29 is 4.74 Å². The van der Waals surface area contributed by atoms with E-state index in [-0.39, 0.29) is 0 Å². The van der Waals surface area contributed by atoms with Crippen LogP contribution in [0.1, 0.15) is 11.1 Å². The number of hydrogen-bond acceptors (Lipinski definition) is 5. The highest BCUT2D eigenvalue weighted by Crippen LogP contribution is 2.22. The van der Waals surface area contributed by atoms with Crippen molar-refractivity contribution in [2.45, 2.75) is 19.0 Å². The number of aryl methyl sites for hydroxylation is 3. The molecule has 96 valence electrons. The lowest BCUT2D eigenvalue weighted by Gasteiger charge is -2.11. The van der Waals surface area contributed by atoms with E-state index in [2.05, 4.69) is 41.5 Å². The summed E-state index contributed by atoms with van der Waals surface area (Å²) in [6.45, 7) is 4.76. The summed E-state index contributed by atoms with van der Waals surface area (Å²) in [5.74, 6) is 1.80. The lowest BCUT2D eigenvalue weighted by Crippen LogP contribution is -2.04. The third-order valence-corrected chi connectivity index (χ3v) is 3.53. The van der Waals surface area contributed by atoms with Gasteiger partial charge in [-0.25, -0.2) is 4.68 Å². The summed E-state index contributed by atoms with van der Waals surface area (Å²) in [6, 6.07) is 6.15. The van der Waals surface area contributed by atoms with Crippen LogP contribution in [0.2, 0.25) is 0 Å². The summed E-state index contributed by atoms with van der Waals surface area (Å²) in [5.41, 5.74) is 2.33. The van der Waals surface area contributed by atoms with Gasteiger partial charge >= 0.3 is 0 Å². The average molecular weight is 264 g/mol. The molecule has 0 saturated carbocycles. The van der Waals surface area contributed by atoms with Crippen molar-refractivity contribution in [1.82, 2.24) is 20.2 Å². The maximum atomic E-state index is 5.81. The van der Waals surface area contributed by atoms with Gasteiger partial charge in [0.15, 0.2) is 0 Å². The molecule has 6 heteroatoms. The molecule has 2 rings (SSSR count). The number of thioether (sulfide) groups is 1. The van der Waals surface area contributed by atoms with Crippen LogP contribution in [0.4, 0.5) is 0 Å². The molecule has 0 amide bonds. The number of nitrogens with zero attached hydrogens (tertiary/aromatic N) is 4. The van der Waals surface area contributed by atoms with Crippen LogP contribution in [-0.2, 0) is 7.05 Å². The predicted molar refractivity (Wildman–Crippen MR) is 70.9 cm³/mol. The fourth-order valence-corrected chi connectivity index (χ4v) is 2.31. The van der Waals surface area contributed by atoms with Crippen LogP contribution in [0, 0.1) is 13.8 Å². The van der Waals surface area contributed by atoms with E-state index < -0.39 is 0 Å². The first kappa shape index (κ1) is 12.9. The average Bonchev–Trinajstić information content (AvgIpc) is 2.73. The molecule has 2 aromatic rings. The molecule has 0 atom stereocenters. The van der Waals surface area contributed by atoms with Crippen molar-refractivity contribution in [3.63, 3.8) is 0 Å². The van der Waals surface area contributed by atoms with Crippen LogP contribution in [0.3, 0.4) is 0 Å². The molecule has 18 heavy (non-hydrogen) atoms. The van der Waals surface area contributed by atoms with Crippen molar-refractivity contribution in [3.05, 3.63) is 29.3 Å². The molecule has 0 N–H and O–H groups in total. The Balaban J connectivity index is 1.84. The number of para-hydroxylation sites is 1. The van der Waals surface area contributed by atoms with E-state index in [0.717, 1.165) is 16.7 Å². The Bertz CT molecular complexity index is 506. The summed E-state index contributed by atoms with van der Waals surface area (Å²) >= 11 is 1.59. The van der Waals surface area contributed by atoms with Crippen molar-refractivity contribution in [2.24, 2.45) is 7.05 Å². The maximum absolute atomic E-state index is 5.81. The van der Waals surface area contributed by atoms with Crippen molar-refractivity contribution >= 4 is 11.8 Å². The molecular formula is C12H16N4OS. The Morgan fingerprint density at radius 1 is 1.28 bits per heavy atom. The summed E-state index contributed by atoms with van der Waals surface area (Å²) in [7, 11) is 1.83. The molecule has 1 aromatic carbocycles. The summed E-state index contributed by atoms with van der Waals surface area (Å²) < 4.78 is 7.46. The molecule has 0 aliphatic carbocycles. The second-order valence-electron chi connectivity index (χ2n) is 4.00. The van der Waals surface area contributed by atoms with Gasteiger partial charge in [-0.3, -0.25) is 0 Å². The summed E-state index contributed by atoms with van der Waals surface area (Å²) in [6.07, 6.45) is 0. The van der Waals surface area contributed by atoms with Crippen molar-refractivity contribution in [2.75, 3.05) is 12.4 Å². The van der Waals surface area contributed by atoms with E-state index in [1.807, 2.05) is 13.1 Å². The monoisotopic (exact) mass is 264 g/mol. The third kappa shape index (κ3) is 3.01. The minimum atomic E-state index is 0.642. The minimum Gasteiger partial charge on any atom is -0.492 e. The Hall–Kier alpha value is -1.56. The fourth-order valence-electron chi connectivity index (χ4n) is 1.65. The molecule has 0 saturated heterocycles. The van der Waals surface area contributed by atoms with Crippen molar-refractivity contribution in [3.8, 4) is 5.75 Å². The largest absolute Gasteiger partial charge is 0.492 e. The van der Waals surface area contributed by atoms with Gasteiger partial charge in [-0.05, 0) is 35.4 Å². The van der Waals surface area contributed by atoms with Gasteiger partial charge in [0.05, 0.1) is 6.61 Å². The second-order valence-corrected chi connectivity index (χ2v) is 5.06. The first-order chi connectivity index (χ1) is 8.68. The van der Waals surface area contributed by atoms with E-state index in [4.69, 9.17) is 4.74 Å². The van der Waals surface area contributed by atoms with E-state index in [9.17, 15) is 0 Å². The highest BCUT2D eigenvalue weighted by atomic mass is 32.2. The van der Waals surface area contributed by atoms with E-state index >= 15 is 0 Å². The van der Waals surface area contributed by atoms with Crippen LogP contribution in [0.25, 0.3) is 0 Å². The molecule has 0 unspecified atom stereocenters. The number of aromatic nitrogens is 4. The minimum absolute atomic E-state index is 0.642. The summed E-state index contributed by atoms with van der Waals surface area (Å²) in [4.78, 5) is 0.